The van der Waals surface area contributed by atoms with Gasteiger partial charge in [-0.15, -0.1) is 0 Å². The van der Waals surface area contributed by atoms with E-state index in [-0.39, 0.29) is 15.5 Å². The van der Waals surface area contributed by atoms with Crippen LogP contribution in [0.4, 0.5) is 0 Å². The van der Waals surface area contributed by atoms with E-state index < -0.39 is 0 Å². The second-order valence-corrected chi connectivity index (χ2v) is 5.03. The Kier molecular flexibility index (Phi) is 7.63. The molecule has 76 valence electrons. The number of rotatable bonds is 7. The summed E-state index contributed by atoms with van der Waals surface area (Å²) in [6.07, 6.45) is 2.89. The lowest BCUT2D eigenvalue weighted by atomic mass is 10.3. The van der Waals surface area contributed by atoms with E-state index in [1.54, 1.807) is 7.11 Å². The van der Waals surface area contributed by atoms with Crippen LogP contribution in [0.2, 0.25) is 5.54 Å². The van der Waals surface area contributed by atoms with Crippen molar-refractivity contribution in [3.63, 3.8) is 0 Å². The summed E-state index contributed by atoms with van der Waals surface area (Å²) >= 11 is 0. The van der Waals surface area contributed by atoms with Crippen molar-refractivity contribution in [3.05, 3.63) is 12.7 Å². The molecule has 0 aromatic heterocycles. The van der Waals surface area contributed by atoms with Gasteiger partial charge in [-0.2, -0.15) is 0 Å². The van der Waals surface area contributed by atoms with E-state index in [1.807, 2.05) is 0 Å². The largest absolute Gasteiger partial charge is 0.467 e. The summed E-state index contributed by atoms with van der Waals surface area (Å²) in [5, 5.41) is 0. The van der Waals surface area contributed by atoms with Crippen LogP contribution in [-0.2, 0) is 14.3 Å². The highest BCUT2D eigenvalue weighted by atomic mass is 28.2. The van der Waals surface area contributed by atoms with Crippen LogP contribution in [0.1, 0.15) is 13.3 Å². The van der Waals surface area contributed by atoms with Gasteiger partial charge in [0, 0.05) is 19.8 Å². The Hall–Kier alpha value is -0.613. The first-order valence-corrected chi connectivity index (χ1v) is 6.34. The molecule has 1 unspecified atom stereocenters. The maximum Gasteiger partial charge on any atom is 0.329 e. The van der Waals surface area contributed by atoms with Gasteiger partial charge in [0.1, 0.15) is 0 Å². The molecule has 0 aliphatic carbocycles. The molecule has 0 N–H and O–H groups in total. The molecule has 13 heavy (non-hydrogen) atoms. The first kappa shape index (κ1) is 12.4. The molecule has 0 aliphatic heterocycles. The lowest BCUT2D eigenvalue weighted by molar-refractivity contribution is -0.135. The minimum Gasteiger partial charge on any atom is -0.467 e. The molecule has 0 bridgehead atoms. The molecule has 1 atom stereocenters. The van der Waals surface area contributed by atoms with Gasteiger partial charge in [0.15, 0.2) is 0 Å². The summed E-state index contributed by atoms with van der Waals surface area (Å²) in [6.45, 7) is 6.25. The molecule has 0 spiro atoms. The van der Waals surface area contributed by atoms with E-state index in [9.17, 15) is 4.79 Å². The molecule has 4 heteroatoms. The number of methoxy groups -OCH3 is 1. The summed E-state index contributed by atoms with van der Waals surface area (Å²) < 4.78 is 9.97. The number of esters is 1. The van der Waals surface area contributed by atoms with Gasteiger partial charge < -0.3 is 9.47 Å². The van der Waals surface area contributed by atoms with Crippen LogP contribution in [-0.4, -0.2) is 35.4 Å². The quantitative estimate of drug-likeness (QED) is 0.346. The maximum absolute atomic E-state index is 10.7. The van der Waals surface area contributed by atoms with Crippen molar-refractivity contribution in [2.24, 2.45) is 0 Å². The number of hydrogen-bond acceptors (Lipinski definition) is 3. The van der Waals surface area contributed by atoms with Crippen LogP contribution in [0.25, 0.3) is 0 Å². The number of hydrogen-bond donors (Lipinski definition) is 0. The number of ether oxygens (including phenoxy) is 2. The normalized spacial score (nSPS) is 13.1. The summed E-state index contributed by atoms with van der Waals surface area (Å²) in [5.74, 6) is -0.320. The monoisotopic (exact) mass is 202 g/mol. The van der Waals surface area contributed by atoms with Crippen molar-refractivity contribution in [3.8, 4) is 0 Å². The van der Waals surface area contributed by atoms with E-state index in [0.717, 1.165) is 13.0 Å². The smallest absolute Gasteiger partial charge is 0.329 e. The van der Waals surface area contributed by atoms with Gasteiger partial charge in [-0.1, -0.05) is 19.9 Å². The minimum atomic E-state index is -0.354. The molecule has 0 rings (SSSR count). The predicted molar refractivity (Wildman–Crippen MR) is 55.6 cm³/mol. The first-order chi connectivity index (χ1) is 6.24. The second-order valence-electron chi connectivity index (χ2n) is 2.89. The van der Waals surface area contributed by atoms with Crippen LogP contribution in [0.5, 0.6) is 0 Å². The molecule has 0 amide bonds. The second kappa shape index (κ2) is 8.01. The van der Waals surface area contributed by atoms with Crippen molar-refractivity contribution >= 4 is 15.5 Å². The Labute approximate surface area is 81.9 Å². The average molecular weight is 202 g/mol. The summed E-state index contributed by atoms with van der Waals surface area (Å²) in [7, 11) is 1.35. The Morgan fingerprint density at radius 2 is 2.38 bits per heavy atom. The van der Waals surface area contributed by atoms with Gasteiger partial charge in [0.2, 0.25) is 0 Å². The fourth-order valence-electron chi connectivity index (χ4n) is 1.03. The standard InChI is InChI=1S/C9H18O3Si/c1-4-8(6-11-3)13-7-12-9(10)5-2/h5,8H,2,4,6-7,13H2,1,3H3. The maximum atomic E-state index is 10.7. The highest BCUT2D eigenvalue weighted by Crippen LogP contribution is 2.07. The van der Waals surface area contributed by atoms with Gasteiger partial charge >= 0.3 is 5.97 Å². The Morgan fingerprint density at radius 1 is 1.69 bits per heavy atom. The molecule has 0 aromatic carbocycles. The first-order valence-electron chi connectivity index (χ1n) is 4.52. The third-order valence-electron chi connectivity index (χ3n) is 1.92. The van der Waals surface area contributed by atoms with Gasteiger partial charge in [-0.05, 0) is 5.54 Å². The highest BCUT2D eigenvalue weighted by Gasteiger charge is 2.07. The SMILES string of the molecule is C=CC(=O)OC[SiH2]C(CC)COC. The number of carbonyl (C=O) groups is 1. The Morgan fingerprint density at radius 3 is 2.85 bits per heavy atom. The highest BCUT2D eigenvalue weighted by molar-refractivity contribution is 6.37. The van der Waals surface area contributed by atoms with Gasteiger partial charge in [0.05, 0.1) is 15.7 Å². The van der Waals surface area contributed by atoms with Crippen molar-refractivity contribution in [1.82, 2.24) is 0 Å². The zero-order valence-electron chi connectivity index (χ0n) is 8.41. The van der Waals surface area contributed by atoms with Crippen LogP contribution in [0.15, 0.2) is 12.7 Å². The molecule has 0 aliphatic rings. The van der Waals surface area contributed by atoms with Gasteiger partial charge in [-0.25, -0.2) is 4.79 Å². The molecular weight excluding hydrogens is 184 g/mol. The van der Waals surface area contributed by atoms with E-state index in [0.29, 0.717) is 11.8 Å². The van der Waals surface area contributed by atoms with E-state index in [1.165, 1.54) is 6.08 Å². The predicted octanol–water partition coefficient (Wildman–Crippen LogP) is 0.687. The molecule has 0 saturated carbocycles. The number of carbonyl (C=O) groups excluding carboxylic acids is 1. The van der Waals surface area contributed by atoms with Crippen LogP contribution in [0, 0.1) is 0 Å². The fraction of sp³-hybridized carbons (Fsp3) is 0.667. The average Bonchev–Trinajstić information content (AvgIpc) is 2.16. The molecule has 0 aromatic rings. The van der Waals surface area contributed by atoms with Crippen molar-refractivity contribution in [2.45, 2.75) is 18.9 Å². The Bertz CT molecular complexity index is 159. The summed E-state index contributed by atoms with van der Waals surface area (Å²) in [6, 6.07) is 0. The topological polar surface area (TPSA) is 35.5 Å². The lowest BCUT2D eigenvalue weighted by Gasteiger charge is -2.11. The summed E-state index contributed by atoms with van der Waals surface area (Å²) in [5.41, 5.74) is 0.614. The van der Waals surface area contributed by atoms with E-state index >= 15 is 0 Å². The molecule has 3 nitrogen and oxygen atoms in total. The molecular formula is C9H18O3Si. The molecule has 0 fully saturated rings. The van der Waals surface area contributed by atoms with E-state index in [2.05, 4.69) is 13.5 Å². The summed E-state index contributed by atoms with van der Waals surface area (Å²) in [4.78, 5) is 10.7. The van der Waals surface area contributed by atoms with Gasteiger partial charge in [0.25, 0.3) is 0 Å². The zero-order chi connectivity index (χ0) is 10.1. The molecule has 0 heterocycles. The lowest BCUT2D eigenvalue weighted by Crippen LogP contribution is -2.16. The molecule has 0 saturated heterocycles. The van der Waals surface area contributed by atoms with Gasteiger partial charge in [-0.3, -0.25) is 0 Å². The third kappa shape index (κ3) is 6.54. The van der Waals surface area contributed by atoms with Crippen molar-refractivity contribution in [2.75, 3.05) is 19.9 Å². The van der Waals surface area contributed by atoms with Crippen molar-refractivity contribution in [1.29, 1.82) is 0 Å². The zero-order valence-corrected chi connectivity index (χ0v) is 9.83. The molecule has 0 radical (unpaired) electrons. The van der Waals surface area contributed by atoms with Crippen molar-refractivity contribution < 1.29 is 14.3 Å². The van der Waals surface area contributed by atoms with Crippen LogP contribution >= 0.6 is 0 Å². The Balaban J connectivity index is 3.48. The van der Waals surface area contributed by atoms with Crippen LogP contribution < -0.4 is 0 Å². The third-order valence-corrected chi connectivity index (χ3v) is 3.99. The van der Waals surface area contributed by atoms with Crippen LogP contribution in [0.3, 0.4) is 0 Å². The minimum absolute atomic E-state index is 0.320. The fourth-order valence-corrected chi connectivity index (χ4v) is 2.49. The van der Waals surface area contributed by atoms with E-state index in [4.69, 9.17) is 9.47 Å².